The maximum atomic E-state index is 4.70. The van der Waals surface area contributed by atoms with Crippen molar-refractivity contribution in [1.82, 2.24) is 10.7 Å². The lowest BCUT2D eigenvalue weighted by Crippen LogP contribution is -2.23. The van der Waals surface area contributed by atoms with Gasteiger partial charge in [0.2, 0.25) is 0 Å². The summed E-state index contributed by atoms with van der Waals surface area (Å²) in [7, 11) is 0. The first kappa shape index (κ1) is 10.2. The second-order valence-electron chi connectivity index (χ2n) is 1.91. The molecule has 1 aliphatic heterocycles. The summed E-state index contributed by atoms with van der Waals surface area (Å²) in [6.45, 7) is 2.50. The summed E-state index contributed by atoms with van der Waals surface area (Å²) in [4.78, 5) is 0. The van der Waals surface area contributed by atoms with Crippen LogP contribution >= 0.6 is 24.8 Å². The Morgan fingerprint density at radius 3 is 2.00 bits per heavy atom. The van der Waals surface area contributed by atoms with Gasteiger partial charge in [0.25, 0.3) is 0 Å². The van der Waals surface area contributed by atoms with Crippen molar-refractivity contribution in [3.05, 3.63) is 0 Å². The van der Waals surface area contributed by atoms with Crippen LogP contribution in [0.3, 0.4) is 0 Å². The second-order valence-corrected chi connectivity index (χ2v) is 3.06. The lowest BCUT2D eigenvalue weighted by Gasteiger charge is -1.83. The van der Waals surface area contributed by atoms with Crippen LogP contribution in [-0.2, 0) is 0 Å². The van der Waals surface area contributed by atoms with Gasteiger partial charge >= 0.3 is 0 Å². The smallest absolute Gasteiger partial charge is 0.144 e. The minimum Gasteiger partial charge on any atom is -0.317 e. The van der Waals surface area contributed by atoms with E-state index >= 15 is 0 Å². The van der Waals surface area contributed by atoms with Crippen molar-refractivity contribution in [2.24, 2.45) is 5.84 Å². The SMILES string of the molecule is C1CCNC1.NNC(=S)S. The van der Waals surface area contributed by atoms with Gasteiger partial charge in [0.1, 0.15) is 4.32 Å². The average Bonchev–Trinajstić information content (AvgIpc) is 2.43. The van der Waals surface area contributed by atoms with Crippen LogP contribution in [0.5, 0.6) is 0 Å². The number of hydrogen-bond donors (Lipinski definition) is 4. The molecule has 0 aromatic rings. The van der Waals surface area contributed by atoms with Gasteiger partial charge < -0.3 is 10.7 Å². The van der Waals surface area contributed by atoms with Gasteiger partial charge in [0.15, 0.2) is 0 Å². The van der Waals surface area contributed by atoms with Gasteiger partial charge in [0.05, 0.1) is 0 Å². The Labute approximate surface area is 72.1 Å². The van der Waals surface area contributed by atoms with Gasteiger partial charge in [-0.25, -0.2) is 5.84 Å². The van der Waals surface area contributed by atoms with Crippen molar-refractivity contribution in [1.29, 1.82) is 0 Å². The molecule has 0 radical (unpaired) electrons. The van der Waals surface area contributed by atoms with Crippen LogP contribution in [0.4, 0.5) is 0 Å². The Morgan fingerprint density at radius 2 is 1.90 bits per heavy atom. The molecule has 0 amide bonds. The third-order valence-corrected chi connectivity index (χ3v) is 1.33. The molecule has 0 aromatic heterocycles. The van der Waals surface area contributed by atoms with E-state index in [0.717, 1.165) is 0 Å². The molecule has 0 spiro atoms. The summed E-state index contributed by atoms with van der Waals surface area (Å²) in [5.41, 5.74) is 2.12. The molecule has 0 unspecified atom stereocenters. The molecule has 1 rings (SSSR count). The van der Waals surface area contributed by atoms with Gasteiger partial charge in [-0.1, -0.05) is 12.2 Å². The zero-order chi connectivity index (χ0) is 7.82. The predicted octanol–water partition coefficient (Wildman–Crippen LogP) is 0.0342. The average molecular weight is 179 g/mol. The normalized spacial score (nSPS) is 15.4. The van der Waals surface area contributed by atoms with Gasteiger partial charge in [-0.2, -0.15) is 0 Å². The summed E-state index contributed by atoms with van der Waals surface area (Å²) in [6, 6.07) is 0. The molecule has 0 aromatic carbocycles. The number of nitrogens with one attached hydrogen (secondary N) is 2. The van der Waals surface area contributed by atoms with Crippen LogP contribution in [0.15, 0.2) is 0 Å². The number of hydrogen-bond acceptors (Lipinski definition) is 3. The molecule has 0 atom stereocenters. The largest absolute Gasteiger partial charge is 0.317 e. The van der Waals surface area contributed by atoms with E-state index in [1.165, 1.54) is 25.9 Å². The van der Waals surface area contributed by atoms with E-state index in [9.17, 15) is 0 Å². The molecule has 10 heavy (non-hydrogen) atoms. The van der Waals surface area contributed by atoms with Crippen LogP contribution in [0.25, 0.3) is 0 Å². The van der Waals surface area contributed by atoms with Crippen molar-refractivity contribution in [2.75, 3.05) is 13.1 Å². The van der Waals surface area contributed by atoms with Crippen molar-refractivity contribution < 1.29 is 0 Å². The molecule has 1 heterocycles. The van der Waals surface area contributed by atoms with E-state index in [1.54, 1.807) is 0 Å². The lowest BCUT2D eigenvalue weighted by molar-refractivity contribution is 0.857. The Morgan fingerprint density at radius 1 is 1.50 bits per heavy atom. The molecule has 1 aliphatic rings. The highest BCUT2D eigenvalue weighted by Gasteiger charge is 1.93. The Balaban J connectivity index is 0.000000162. The van der Waals surface area contributed by atoms with Crippen molar-refractivity contribution in [3.63, 3.8) is 0 Å². The Hall–Kier alpha value is 0.160. The zero-order valence-electron chi connectivity index (χ0n) is 5.76. The fourth-order valence-corrected chi connectivity index (χ4v) is 0.625. The topological polar surface area (TPSA) is 50.1 Å². The molecule has 1 fully saturated rings. The minimum absolute atomic E-state index is 0.310. The van der Waals surface area contributed by atoms with Crippen LogP contribution in [0, 0.1) is 0 Å². The van der Waals surface area contributed by atoms with Crippen LogP contribution in [0.1, 0.15) is 12.8 Å². The van der Waals surface area contributed by atoms with Crippen molar-refractivity contribution in [2.45, 2.75) is 12.8 Å². The van der Waals surface area contributed by atoms with E-state index in [-0.39, 0.29) is 0 Å². The summed E-state index contributed by atoms with van der Waals surface area (Å²) in [5.74, 6) is 4.70. The molecule has 0 saturated carbocycles. The second kappa shape index (κ2) is 7.27. The summed E-state index contributed by atoms with van der Waals surface area (Å²) in [6.07, 6.45) is 2.78. The number of thiol groups is 1. The Kier molecular flexibility index (Phi) is 7.39. The first-order chi connectivity index (χ1) is 4.77. The predicted molar refractivity (Wildman–Crippen MR) is 51.0 cm³/mol. The minimum atomic E-state index is 0.310. The number of thiocarbonyl (C=S) groups is 1. The molecular weight excluding hydrogens is 166 g/mol. The van der Waals surface area contributed by atoms with E-state index < -0.39 is 0 Å². The van der Waals surface area contributed by atoms with E-state index in [1.807, 2.05) is 0 Å². The van der Waals surface area contributed by atoms with Crippen LogP contribution in [-0.4, -0.2) is 17.4 Å². The fraction of sp³-hybridized carbons (Fsp3) is 0.800. The van der Waals surface area contributed by atoms with E-state index in [2.05, 4.69) is 35.6 Å². The van der Waals surface area contributed by atoms with Gasteiger partial charge in [-0.05, 0) is 25.9 Å². The number of nitrogens with two attached hydrogens (primary N) is 1. The highest BCUT2D eigenvalue weighted by Crippen LogP contribution is 1.90. The monoisotopic (exact) mass is 179 g/mol. The molecule has 3 nitrogen and oxygen atoms in total. The molecular formula is C5H13N3S2. The molecule has 5 heteroatoms. The maximum Gasteiger partial charge on any atom is 0.144 e. The third-order valence-electron chi connectivity index (χ3n) is 1.08. The van der Waals surface area contributed by atoms with Gasteiger partial charge in [-0.3, -0.25) is 0 Å². The van der Waals surface area contributed by atoms with Gasteiger partial charge in [-0.15, -0.1) is 12.6 Å². The number of hydrazine groups is 1. The summed E-state index contributed by atoms with van der Waals surface area (Å²) in [5, 5.41) is 3.22. The first-order valence-corrected chi connectivity index (χ1v) is 4.03. The van der Waals surface area contributed by atoms with E-state index in [0.29, 0.717) is 4.32 Å². The summed E-state index contributed by atoms with van der Waals surface area (Å²) >= 11 is 7.92. The van der Waals surface area contributed by atoms with Crippen molar-refractivity contribution in [3.8, 4) is 0 Å². The zero-order valence-corrected chi connectivity index (χ0v) is 7.47. The maximum absolute atomic E-state index is 4.70. The van der Waals surface area contributed by atoms with Crippen LogP contribution < -0.4 is 16.6 Å². The quantitative estimate of drug-likeness (QED) is 0.183. The fourth-order valence-electron chi connectivity index (χ4n) is 0.625. The van der Waals surface area contributed by atoms with E-state index in [4.69, 9.17) is 5.84 Å². The third kappa shape index (κ3) is 8.16. The molecule has 0 aliphatic carbocycles. The van der Waals surface area contributed by atoms with Crippen molar-refractivity contribution >= 4 is 29.2 Å². The highest BCUT2D eigenvalue weighted by atomic mass is 32.1. The molecule has 60 valence electrons. The lowest BCUT2D eigenvalue weighted by atomic mass is 10.4. The van der Waals surface area contributed by atoms with Gasteiger partial charge in [0, 0.05) is 0 Å². The molecule has 4 N–H and O–H groups in total. The number of rotatable bonds is 0. The molecule has 0 bridgehead atoms. The highest BCUT2D eigenvalue weighted by molar-refractivity contribution is 8.11. The molecule has 1 saturated heterocycles. The van der Waals surface area contributed by atoms with Crippen LogP contribution in [0.2, 0.25) is 0 Å². The summed E-state index contributed by atoms with van der Waals surface area (Å²) < 4.78 is 0.310. The Bertz CT molecular complexity index is 85.3. The first-order valence-electron chi connectivity index (χ1n) is 3.17. The standard InChI is InChI=1S/C4H9N.CH4N2S2/c1-2-4-5-3-1;2-3-1(4)5/h5H,1-4H2;2H2,(H2,3,4,5).